The summed E-state index contributed by atoms with van der Waals surface area (Å²) >= 11 is 0. The van der Waals surface area contributed by atoms with Crippen LogP contribution >= 0.6 is 0 Å². The Kier molecular flexibility index (Phi) is 7.24. The average molecular weight is 493 g/mol. The number of benzene rings is 3. The highest BCUT2D eigenvalue weighted by molar-refractivity contribution is 6.14. The van der Waals surface area contributed by atoms with Gasteiger partial charge in [0.2, 0.25) is 0 Å². The van der Waals surface area contributed by atoms with Crippen LogP contribution in [-0.2, 0) is 16.1 Å². The summed E-state index contributed by atoms with van der Waals surface area (Å²) in [7, 11) is 1.42. The summed E-state index contributed by atoms with van der Waals surface area (Å²) in [5, 5.41) is 5.11. The van der Waals surface area contributed by atoms with Crippen LogP contribution in [0.5, 0.6) is 11.5 Å². The number of imide groups is 1. The maximum absolute atomic E-state index is 13.2. The van der Waals surface area contributed by atoms with E-state index in [1.54, 1.807) is 18.2 Å². The van der Waals surface area contributed by atoms with Gasteiger partial charge in [-0.15, -0.1) is 0 Å². The van der Waals surface area contributed by atoms with Crippen molar-refractivity contribution in [2.75, 3.05) is 19.0 Å². The number of amides is 4. The highest BCUT2D eigenvalue weighted by atomic mass is 19.1. The molecule has 36 heavy (non-hydrogen) atoms. The molecule has 3 aromatic carbocycles. The summed E-state index contributed by atoms with van der Waals surface area (Å²) in [6, 6.07) is 15.0. The molecule has 0 bridgehead atoms. The maximum atomic E-state index is 13.2. The van der Waals surface area contributed by atoms with Gasteiger partial charge in [-0.05, 0) is 54.1 Å². The molecule has 0 aliphatic carbocycles. The van der Waals surface area contributed by atoms with Crippen LogP contribution in [-0.4, -0.2) is 36.5 Å². The summed E-state index contributed by atoms with van der Waals surface area (Å²) in [5.74, 6) is -1.44. The van der Waals surface area contributed by atoms with Gasteiger partial charge in [0.25, 0.3) is 11.8 Å². The number of para-hydroxylation sites is 1. The minimum Gasteiger partial charge on any atom is -0.493 e. The van der Waals surface area contributed by atoms with Crippen LogP contribution in [0.3, 0.4) is 0 Å². The van der Waals surface area contributed by atoms with Crippen molar-refractivity contribution in [2.45, 2.75) is 6.54 Å². The topological polar surface area (TPSA) is 97.0 Å². The van der Waals surface area contributed by atoms with Gasteiger partial charge < -0.3 is 20.1 Å². The van der Waals surface area contributed by atoms with E-state index in [2.05, 4.69) is 10.6 Å². The van der Waals surface area contributed by atoms with Crippen LogP contribution in [0.1, 0.15) is 11.1 Å². The van der Waals surface area contributed by atoms with Gasteiger partial charge in [0, 0.05) is 11.3 Å². The van der Waals surface area contributed by atoms with E-state index in [4.69, 9.17) is 9.47 Å². The third-order valence-corrected chi connectivity index (χ3v) is 5.22. The number of nitrogens with one attached hydrogen (secondary N) is 2. The zero-order valence-electron chi connectivity index (χ0n) is 19.1. The van der Waals surface area contributed by atoms with Gasteiger partial charge in [0.05, 0.1) is 13.7 Å². The van der Waals surface area contributed by atoms with Gasteiger partial charge in [-0.1, -0.05) is 24.3 Å². The number of carbonyl (C=O) groups is 3. The fourth-order valence-corrected chi connectivity index (χ4v) is 3.47. The Morgan fingerprint density at radius 1 is 1.00 bits per heavy atom. The molecule has 0 atom stereocenters. The molecule has 8 nitrogen and oxygen atoms in total. The third kappa shape index (κ3) is 5.66. The summed E-state index contributed by atoms with van der Waals surface area (Å²) in [5.41, 5.74) is 1.36. The first-order chi connectivity index (χ1) is 17.3. The Hall–Kier alpha value is -4.73. The van der Waals surface area contributed by atoms with Crippen molar-refractivity contribution < 1.29 is 32.6 Å². The van der Waals surface area contributed by atoms with Gasteiger partial charge in [-0.2, -0.15) is 0 Å². The first-order valence-corrected chi connectivity index (χ1v) is 10.8. The van der Waals surface area contributed by atoms with E-state index in [9.17, 15) is 23.2 Å². The predicted octanol–water partition coefficient (Wildman–Crippen LogP) is 4.08. The molecule has 1 aliphatic rings. The lowest BCUT2D eigenvalue weighted by Crippen LogP contribution is -2.30. The van der Waals surface area contributed by atoms with Crippen LogP contribution in [0.4, 0.5) is 19.3 Å². The van der Waals surface area contributed by atoms with Crippen LogP contribution in [0.25, 0.3) is 6.08 Å². The van der Waals surface area contributed by atoms with Crippen molar-refractivity contribution in [1.82, 2.24) is 10.2 Å². The Morgan fingerprint density at radius 2 is 1.67 bits per heavy atom. The number of rotatable bonds is 8. The summed E-state index contributed by atoms with van der Waals surface area (Å²) in [6.07, 6.45) is 1.42. The standard InChI is InChI=1S/C26H21F2N3O5/c1-35-22-4-2-3-17(24(22)36-15-23(32)29-20-11-9-19(28)10-12-20)13-21-25(33)31(26(34)30-21)14-16-5-7-18(27)8-6-16/h2-13H,14-15H2,1H3,(H,29,32)(H,30,34). The van der Waals surface area contributed by atoms with E-state index in [0.29, 0.717) is 22.6 Å². The quantitative estimate of drug-likeness (QED) is 0.364. The van der Waals surface area contributed by atoms with Crippen molar-refractivity contribution in [3.8, 4) is 11.5 Å². The number of anilines is 1. The summed E-state index contributed by atoms with van der Waals surface area (Å²) in [6.45, 7) is -0.432. The number of hydrogen-bond acceptors (Lipinski definition) is 5. The molecule has 0 radical (unpaired) electrons. The molecule has 0 saturated carbocycles. The number of urea groups is 1. The number of carbonyl (C=O) groups excluding carboxylic acids is 3. The molecule has 0 spiro atoms. The minimum atomic E-state index is -0.625. The molecule has 4 rings (SSSR count). The molecule has 2 N–H and O–H groups in total. The molecule has 1 fully saturated rings. The largest absolute Gasteiger partial charge is 0.493 e. The number of hydrogen-bond donors (Lipinski definition) is 2. The Labute approximate surface area is 205 Å². The van der Waals surface area contributed by atoms with Crippen LogP contribution in [0.2, 0.25) is 0 Å². The fourth-order valence-electron chi connectivity index (χ4n) is 3.47. The van der Waals surface area contributed by atoms with Gasteiger partial charge in [0.1, 0.15) is 17.3 Å². The molecule has 184 valence electrons. The lowest BCUT2D eigenvalue weighted by molar-refractivity contribution is -0.123. The monoisotopic (exact) mass is 493 g/mol. The van der Waals surface area contributed by atoms with Crippen molar-refractivity contribution in [3.63, 3.8) is 0 Å². The molecule has 0 unspecified atom stereocenters. The summed E-state index contributed by atoms with van der Waals surface area (Å²) < 4.78 is 37.3. The Bertz CT molecular complexity index is 1320. The number of nitrogens with zero attached hydrogens (tertiary/aromatic N) is 1. The number of ether oxygens (including phenoxy) is 2. The Morgan fingerprint density at radius 3 is 2.33 bits per heavy atom. The normalized spacial score (nSPS) is 14.1. The average Bonchev–Trinajstić information content (AvgIpc) is 3.13. The third-order valence-electron chi connectivity index (χ3n) is 5.22. The van der Waals surface area contributed by atoms with Crippen molar-refractivity contribution in [1.29, 1.82) is 0 Å². The maximum Gasteiger partial charge on any atom is 0.329 e. The molecule has 0 aromatic heterocycles. The van der Waals surface area contributed by atoms with E-state index in [0.717, 1.165) is 4.90 Å². The Balaban J connectivity index is 1.50. The van der Waals surface area contributed by atoms with Gasteiger partial charge in [-0.25, -0.2) is 13.6 Å². The van der Waals surface area contributed by atoms with E-state index in [-0.39, 0.29) is 18.0 Å². The SMILES string of the molecule is COc1cccc(C=C2NC(=O)N(Cc3ccc(F)cc3)C2=O)c1OCC(=O)Nc1ccc(F)cc1. The number of halogens is 2. The lowest BCUT2D eigenvalue weighted by Gasteiger charge is -2.14. The van der Waals surface area contributed by atoms with Gasteiger partial charge in [-0.3, -0.25) is 14.5 Å². The van der Waals surface area contributed by atoms with E-state index >= 15 is 0 Å². The zero-order valence-corrected chi connectivity index (χ0v) is 19.1. The highest BCUT2D eigenvalue weighted by Gasteiger charge is 2.33. The van der Waals surface area contributed by atoms with Gasteiger partial charge in [0.15, 0.2) is 18.1 Å². The van der Waals surface area contributed by atoms with Crippen LogP contribution in [0, 0.1) is 11.6 Å². The van der Waals surface area contributed by atoms with Crippen molar-refractivity contribution in [3.05, 3.63) is 95.2 Å². The molecular formula is C26H21F2N3O5. The number of methoxy groups -OCH3 is 1. The molecule has 1 heterocycles. The van der Waals surface area contributed by atoms with E-state index < -0.39 is 36.1 Å². The van der Waals surface area contributed by atoms with Gasteiger partial charge >= 0.3 is 6.03 Å². The van der Waals surface area contributed by atoms with E-state index in [1.807, 2.05) is 0 Å². The minimum absolute atomic E-state index is 0.00372. The predicted molar refractivity (Wildman–Crippen MR) is 127 cm³/mol. The second-order valence-corrected chi connectivity index (χ2v) is 7.73. The van der Waals surface area contributed by atoms with Crippen molar-refractivity contribution >= 4 is 29.6 Å². The fraction of sp³-hybridized carbons (Fsp3) is 0.115. The first kappa shape index (κ1) is 24.4. The van der Waals surface area contributed by atoms with E-state index in [1.165, 1.54) is 61.7 Å². The molecular weight excluding hydrogens is 472 g/mol. The lowest BCUT2D eigenvalue weighted by atomic mass is 10.1. The van der Waals surface area contributed by atoms with Crippen LogP contribution in [0.15, 0.2) is 72.4 Å². The molecule has 1 saturated heterocycles. The zero-order chi connectivity index (χ0) is 25.7. The molecule has 3 aromatic rings. The van der Waals surface area contributed by atoms with Crippen molar-refractivity contribution in [2.24, 2.45) is 0 Å². The summed E-state index contributed by atoms with van der Waals surface area (Å²) in [4.78, 5) is 38.6. The second kappa shape index (κ2) is 10.7. The molecule has 4 amide bonds. The molecule has 10 heteroatoms. The molecule has 1 aliphatic heterocycles. The highest BCUT2D eigenvalue weighted by Crippen LogP contribution is 2.33. The second-order valence-electron chi connectivity index (χ2n) is 7.73. The smallest absolute Gasteiger partial charge is 0.329 e. The first-order valence-electron chi connectivity index (χ1n) is 10.8. The van der Waals surface area contributed by atoms with Crippen LogP contribution < -0.4 is 20.1 Å².